The van der Waals surface area contributed by atoms with Crippen molar-refractivity contribution in [3.8, 4) is 0 Å². The van der Waals surface area contributed by atoms with Crippen LogP contribution in [0.3, 0.4) is 0 Å². The quantitative estimate of drug-likeness (QED) is 0.683. The second kappa shape index (κ2) is 7.46. The van der Waals surface area contributed by atoms with Gasteiger partial charge in [-0.15, -0.1) is 10.2 Å². The Bertz CT molecular complexity index is 957. The summed E-state index contributed by atoms with van der Waals surface area (Å²) in [7, 11) is 0. The first-order chi connectivity index (χ1) is 14.0. The predicted octanol–water partition coefficient (Wildman–Crippen LogP) is 0.349. The molecule has 3 heterocycles. The lowest BCUT2D eigenvalue weighted by Gasteiger charge is -2.34. The van der Waals surface area contributed by atoms with Gasteiger partial charge in [-0.1, -0.05) is 12.1 Å². The van der Waals surface area contributed by atoms with E-state index in [1.807, 2.05) is 0 Å². The monoisotopic (exact) mass is 397 g/mol. The summed E-state index contributed by atoms with van der Waals surface area (Å²) < 4.78 is 5.15. The molecule has 10 heteroatoms. The molecule has 0 N–H and O–H groups in total. The van der Waals surface area contributed by atoms with Crippen LogP contribution in [0, 0.1) is 6.92 Å². The summed E-state index contributed by atoms with van der Waals surface area (Å²) in [5, 5.41) is 7.37. The summed E-state index contributed by atoms with van der Waals surface area (Å²) >= 11 is 0. The van der Waals surface area contributed by atoms with Crippen molar-refractivity contribution >= 4 is 23.6 Å². The van der Waals surface area contributed by atoms with Crippen molar-refractivity contribution in [1.29, 1.82) is 0 Å². The Balaban J connectivity index is 1.29. The van der Waals surface area contributed by atoms with E-state index in [-0.39, 0.29) is 42.5 Å². The molecule has 0 aliphatic carbocycles. The lowest BCUT2D eigenvalue weighted by atomic mass is 10.1. The van der Waals surface area contributed by atoms with Gasteiger partial charge in [0.25, 0.3) is 11.8 Å². The van der Waals surface area contributed by atoms with Crippen molar-refractivity contribution < 1.29 is 23.6 Å². The van der Waals surface area contributed by atoms with Crippen LogP contribution in [0.4, 0.5) is 0 Å². The maximum atomic E-state index is 12.5. The largest absolute Gasteiger partial charge is 0.417 e. The molecule has 0 saturated carbocycles. The number of aryl methyl sites for hydroxylation is 1. The highest BCUT2D eigenvalue weighted by Gasteiger charge is 2.35. The molecule has 10 nitrogen and oxygen atoms in total. The van der Waals surface area contributed by atoms with E-state index in [9.17, 15) is 19.2 Å². The zero-order valence-electron chi connectivity index (χ0n) is 15.8. The number of carbonyl (C=O) groups is 4. The SMILES string of the molecule is Cc1nnc(C(=O)N2CCN(C(=O)CCN3C(=O)c4ccccc4C3=O)CC2)o1. The number of amides is 4. The molecule has 0 radical (unpaired) electrons. The number of carbonyl (C=O) groups excluding carboxylic acids is 4. The van der Waals surface area contributed by atoms with Crippen LogP contribution in [0.15, 0.2) is 28.7 Å². The highest BCUT2D eigenvalue weighted by molar-refractivity contribution is 6.21. The van der Waals surface area contributed by atoms with Crippen molar-refractivity contribution in [2.75, 3.05) is 32.7 Å². The van der Waals surface area contributed by atoms with E-state index in [1.165, 1.54) is 0 Å². The van der Waals surface area contributed by atoms with Crippen molar-refractivity contribution in [2.24, 2.45) is 0 Å². The summed E-state index contributed by atoms with van der Waals surface area (Å²) in [4.78, 5) is 53.9. The molecular weight excluding hydrogens is 378 g/mol. The molecule has 150 valence electrons. The minimum Gasteiger partial charge on any atom is -0.417 e. The van der Waals surface area contributed by atoms with Crippen LogP contribution in [0.5, 0.6) is 0 Å². The average Bonchev–Trinajstić information content (AvgIpc) is 3.28. The molecule has 2 aliphatic heterocycles. The van der Waals surface area contributed by atoms with Gasteiger partial charge in [-0.2, -0.15) is 0 Å². The Hall–Kier alpha value is -3.56. The fourth-order valence-electron chi connectivity index (χ4n) is 3.48. The maximum Gasteiger partial charge on any atom is 0.311 e. The number of imide groups is 1. The van der Waals surface area contributed by atoms with Gasteiger partial charge in [0.05, 0.1) is 11.1 Å². The van der Waals surface area contributed by atoms with Gasteiger partial charge in [0.1, 0.15) is 0 Å². The third-order valence-electron chi connectivity index (χ3n) is 5.06. The molecule has 2 aliphatic rings. The summed E-state index contributed by atoms with van der Waals surface area (Å²) in [6.45, 7) is 3.05. The van der Waals surface area contributed by atoms with Crippen molar-refractivity contribution in [1.82, 2.24) is 24.9 Å². The maximum absolute atomic E-state index is 12.5. The number of nitrogens with zero attached hydrogens (tertiary/aromatic N) is 5. The third-order valence-corrected chi connectivity index (χ3v) is 5.06. The van der Waals surface area contributed by atoms with E-state index in [0.717, 1.165) is 4.90 Å². The van der Waals surface area contributed by atoms with Crippen molar-refractivity contribution in [2.45, 2.75) is 13.3 Å². The smallest absolute Gasteiger partial charge is 0.311 e. The average molecular weight is 397 g/mol. The fourth-order valence-corrected chi connectivity index (χ4v) is 3.48. The van der Waals surface area contributed by atoms with Gasteiger partial charge in [0.15, 0.2) is 0 Å². The summed E-state index contributed by atoms with van der Waals surface area (Å²) in [5.41, 5.74) is 0.738. The Kier molecular flexibility index (Phi) is 4.83. The van der Waals surface area contributed by atoms with Gasteiger partial charge >= 0.3 is 11.8 Å². The van der Waals surface area contributed by atoms with Crippen LogP contribution in [0.1, 0.15) is 43.7 Å². The molecule has 0 spiro atoms. The summed E-state index contributed by atoms with van der Waals surface area (Å²) in [6, 6.07) is 6.63. The van der Waals surface area contributed by atoms with Crippen molar-refractivity contribution in [3.05, 3.63) is 47.2 Å². The molecule has 0 unspecified atom stereocenters. The molecule has 0 atom stereocenters. The minimum absolute atomic E-state index is 0.0333. The van der Waals surface area contributed by atoms with E-state index in [2.05, 4.69) is 10.2 Å². The predicted molar refractivity (Wildman–Crippen MR) is 97.9 cm³/mol. The van der Waals surface area contributed by atoms with E-state index < -0.39 is 0 Å². The number of piperazine rings is 1. The molecule has 29 heavy (non-hydrogen) atoms. The number of hydrogen-bond acceptors (Lipinski definition) is 7. The highest BCUT2D eigenvalue weighted by atomic mass is 16.4. The lowest BCUT2D eigenvalue weighted by Crippen LogP contribution is -2.51. The molecule has 4 rings (SSSR count). The molecule has 1 fully saturated rings. The van der Waals surface area contributed by atoms with Gasteiger partial charge in [0, 0.05) is 46.1 Å². The third kappa shape index (κ3) is 3.48. The Morgan fingerprint density at radius 3 is 2.10 bits per heavy atom. The van der Waals surface area contributed by atoms with Crippen LogP contribution in [0.2, 0.25) is 0 Å². The van der Waals surface area contributed by atoms with Crippen LogP contribution in [0.25, 0.3) is 0 Å². The molecule has 4 amide bonds. The van der Waals surface area contributed by atoms with Crippen LogP contribution in [-0.4, -0.2) is 81.2 Å². The normalized spacial score (nSPS) is 16.4. The molecule has 1 saturated heterocycles. The second-order valence-corrected chi connectivity index (χ2v) is 6.86. The Labute approximate surface area is 166 Å². The zero-order chi connectivity index (χ0) is 20.5. The molecular formula is C19H19N5O5. The highest BCUT2D eigenvalue weighted by Crippen LogP contribution is 2.22. The molecule has 2 aromatic rings. The van der Waals surface area contributed by atoms with E-state index in [0.29, 0.717) is 43.2 Å². The van der Waals surface area contributed by atoms with Gasteiger partial charge in [-0.25, -0.2) is 0 Å². The molecule has 1 aromatic carbocycles. The minimum atomic E-state index is -0.372. The van der Waals surface area contributed by atoms with E-state index in [4.69, 9.17) is 4.42 Å². The standard InChI is InChI=1S/C19H19N5O5/c1-12-20-21-16(29-12)19(28)23-10-8-22(9-11-23)15(25)6-7-24-17(26)13-4-2-3-5-14(13)18(24)27/h2-5H,6-11H2,1H3. The first-order valence-electron chi connectivity index (χ1n) is 9.28. The Morgan fingerprint density at radius 1 is 0.966 bits per heavy atom. The number of rotatable bonds is 4. The van der Waals surface area contributed by atoms with E-state index >= 15 is 0 Å². The van der Waals surface area contributed by atoms with Gasteiger partial charge in [-0.3, -0.25) is 24.1 Å². The van der Waals surface area contributed by atoms with Crippen LogP contribution in [-0.2, 0) is 4.79 Å². The number of aromatic nitrogens is 2. The summed E-state index contributed by atoms with van der Waals surface area (Å²) in [5.74, 6) is -1.01. The zero-order valence-corrected chi connectivity index (χ0v) is 15.8. The first kappa shape index (κ1) is 18.8. The molecule has 1 aromatic heterocycles. The number of hydrogen-bond donors (Lipinski definition) is 0. The Morgan fingerprint density at radius 2 is 1.55 bits per heavy atom. The van der Waals surface area contributed by atoms with Gasteiger partial charge in [0.2, 0.25) is 11.8 Å². The first-order valence-corrected chi connectivity index (χ1v) is 9.28. The van der Waals surface area contributed by atoms with Crippen LogP contribution >= 0.6 is 0 Å². The van der Waals surface area contributed by atoms with E-state index in [1.54, 1.807) is 41.0 Å². The number of benzene rings is 1. The summed E-state index contributed by atoms with van der Waals surface area (Å²) in [6.07, 6.45) is 0.0439. The van der Waals surface area contributed by atoms with Gasteiger partial charge < -0.3 is 14.2 Å². The molecule has 0 bridgehead atoms. The fraction of sp³-hybridized carbons (Fsp3) is 0.368. The van der Waals surface area contributed by atoms with Crippen LogP contribution < -0.4 is 0 Å². The van der Waals surface area contributed by atoms with Gasteiger partial charge in [-0.05, 0) is 12.1 Å². The second-order valence-electron chi connectivity index (χ2n) is 6.86. The number of fused-ring (bicyclic) bond motifs is 1. The lowest BCUT2D eigenvalue weighted by molar-refractivity contribution is -0.132. The van der Waals surface area contributed by atoms with Crippen molar-refractivity contribution in [3.63, 3.8) is 0 Å². The topological polar surface area (TPSA) is 117 Å².